The summed E-state index contributed by atoms with van der Waals surface area (Å²) in [5.41, 5.74) is 9.91. The van der Waals surface area contributed by atoms with Gasteiger partial charge in [-0.25, -0.2) is 9.97 Å². The van der Waals surface area contributed by atoms with Crippen LogP contribution in [0.2, 0.25) is 0 Å². The van der Waals surface area contributed by atoms with Crippen molar-refractivity contribution in [3.05, 3.63) is 66.7 Å². The van der Waals surface area contributed by atoms with Gasteiger partial charge >= 0.3 is 0 Å². The van der Waals surface area contributed by atoms with Gasteiger partial charge in [0.15, 0.2) is 5.65 Å². The zero-order chi connectivity index (χ0) is 20.4. The number of hydrogen-bond donors (Lipinski definition) is 2. The smallest absolute Gasteiger partial charge is 0.257 e. The molecule has 2 aromatic heterocycles. The molecule has 0 unspecified atom stereocenters. The minimum absolute atomic E-state index is 0.279. The van der Waals surface area contributed by atoms with E-state index >= 15 is 0 Å². The normalized spacial score (nSPS) is 10.9. The summed E-state index contributed by atoms with van der Waals surface area (Å²) in [6.07, 6.45) is 1.61. The average Bonchev–Trinajstić information content (AvgIpc) is 3.02. The van der Waals surface area contributed by atoms with E-state index in [1.807, 2.05) is 55.5 Å². The Morgan fingerprint density at radius 1 is 1.17 bits per heavy atom. The Labute approximate surface area is 167 Å². The molecule has 4 aromatic rings. The number of anilines is 1. The number of carbonyl (C=O) groups is 1. The van der Waals surface area contributed by atoms with Crippen LogP contribution in [0.15, 0.2) is 61.2 Å². The lowest BCUT2D eigenvalue weighted by Crippen LogP contribution is -2.24. The summed E-state index contributed by atoms with van der Waals surface area (Å²) in [7, 11) is 0. The Balaban J connectivity index is 1.97. The molecule has 0 aliphatic carbocycles. The van der Waals surface area contributed by atoms with Crippen LogP contribution < -0.4 is 15.8 Å². The number of hydrogen-bond acceptors (Lipinski definition) is 5. The molecular weight excluding hydrogens is 366 g/mol. The fourth-order valence-electron chi connectivity index (χ4n) is 3.26. The van der Waals surface area contributed by atoms with E-state index in [-0.39, 0.29) is 11.7 Å². The van der Waals surface area contributed by atoms with Crippen LogP contribution in [0.25, 0.3) is 27.9 Å². The number of amides is 1. The van der Waals surface area contributed by atoms with Crippen LogP contribution in [0.3, 0.4) is 0 Å². The molecule has 146 valence electrons. The van der Waals surface area contributed by atoms with Gasteiger partial charge < -0.3 is 15.8 Å². The van der Waals surface area contributed by atoms with Gasteiger partial charge in [0.25, 0.3) is 5.91 Å². The van der Waals surface area contributed by atoms with Crippen LogP contribution in [-0.2, 0) is 0 Å². The Morgan fingerprint density at radius 2 is 1.86 bits per heavy atom. The third-order valence-corrected chi connectivity index (χ3v) is 4.54. The van der Waals surface area contributed by atoms with Crippen LogP contribution in [0.4, 0.5) is 5.82 Å². The molecule has 1 amide bonds. The molecule has 0 bridgehead atoms. The summed E-state index contributed by atoms with van der Waals surface area (Å²) < 4.78 is 7.26. The van der Waals surface area contributed by atoms with Crippen molar-refractivity contribution in [1.29, 1.82) is 0 Å². The minimum atomic E-state index is -0.318. The van der Waals surface area contributed by atoms with E-state index in [4.69, 9.17) is 15.5 Å². The largest absolute Gasteiger partial charge is 0.494 e. The number of fused-ring (bicyclic) bond motifs is 2. The highest BCUT2D eigenvalue weighted by Crippen LogP contribution is 2.31. The molecular formula is C22H21N5O2. The molecule has 0 spiro atoms. The van der Waals surface area contributed by atoms with Crippen LogP contribution in [0, 0.1) is 0 Å². The molecule has 0 aliphatic rings. The minimum Gasteiger partial charge on any atom is -0.494 e. The molecule has 7 heteroatoms. The standard InChI is InChI=1S/C22H21N5O2/c1-3-13-24-22(28)18-19-21(26-17-8-6-5-7-16(17)25-19)27(20(18)23)14-9-11-15(12-10-14)29-4-2/h3,5-12H,1,4,13,23H2,2H3,(H,24,28). The molecule has 0 atom stereocenters. The topological polar surface area (TPSA) is 95.1 Å². The summed E-state index contributed by atoms with van der Waals surface area (Å²) in [5, 5.41) is 2.78. The number of benzene rings is 2. The molecule has 0 saturated heterocycles. The first-order valence-electron chi connectivity index (χ1n) is 9.33. The van der Waals surface area contributed by atoms with Gasteiger partial charge in [0.2, 0.25) is 0 Å². The van der Waals surface area contributed by atoms with Gasteiger partial charge in [-0.1, -0.05) is 18.2 Å². The van der Waals surface area contributed by atoms with E-state index in [0.717, 1.165) is 17.0 Å². The highest BCUT2D eigenvalue weighted by Gasteiger charge is 2.24. The lowest BCUT2D eigenvalue weighted by atomic mass is 10.2. The van der Waals surface area contributed by atoms with E-state index < -0.39 is 0 Å². The molecule has 0 fully saturated rings. The first kappa shape index (κ1) is 18.5. The van der Waals surface area contributed by atoms with E-state index in [2.05, 4.69) is 16.9 Å². The van der Waals surface area contributed by atoms with Crippen molar-refractivity contribution in [3.63, 3.8) is 0 Å². The Hall–Kier alpha value is -3.87. The van der Waals surface area contributed by atoms with E-state index in [9.17, 15) is 4.79 Å². The highest BCUT2D eigenvalue weighted by molar-refractivity contribution is 6.11. The Bertz CT molecular complexity index is 1210. The fraction of sp³-hybridized carbons (Fsp3) is 0.136. The quantitative estimate of drug-likeness (QED) is 0.494. The summed E-state index contributed by atoms with van der Waals surface area (Å²) in [4.78, 5) is 22.3. The summed E-state index contributed by atoms with van der Waals surface area (Å²) >= 11 is 0. The molecule has 2 aromatic carbocycles. The van der Waals surface area contributed by atoms with Crippen molar-refractivity contribution in [3.8, 4) is 11.4 Å². The molecule has 0 aliphatic heterocycles. The highest BCUT2D eigenvalue weighted by atomic mass is 16.5. The van der Waals surface area contributed by atoms with Crippen LogP contribution in [-0.4, -0.2) is 33.6 Å². The number of nitrogens with zero attached hydrogens (tertiary/aromatic N) is 3. The third-order valence-electron chi connectivity index (χ3n) is 4.54. The number of ether oxygens (including phenoxy) is 1. The van der Waals surface area contributed by atoms with Gasteiger partial charge in [-0.15, -0.1) is 6.58 Å². The monoisotopic (exact) mass is 387 g/mol. The fourth-order valence-corrected chi connectivity index (χ4v) is 3.26. The lowest BCUT2D eigenvalue weighted by molar-refractivity contribution is 0.0960. The van der Waals surface area contributed by atoms with Crippen molar-refractivity contribution in [2.24, 2.45) is 0 Å². The Morgan fingerprint density at radius 3 is 2.52 bits per heavy atom. The maximum atomic E-state index is 12.8. The first-order valence-corrected chi connectivity index (χ1v) is 9.33. The number of rotatable bonds is 6. The number of aromatic nitrogens is 3. The number of nitrogens with two attached hydrogens (primary N) is 1. The average molecular weight is 387 g/mol. The predicted octanol–water partition coefficient (Wildman–Crippen LogP) is 3.47. The van der Waals surface area contributed by atoms with E-state index in [1.165, 1.54) is 0 Å². The van der Waals surface area contributed by atoms with Gasteiger partial charge in [0.05, 0.1) is 17.6 Å². The van der Waals surface area contributed by atoms with Gasteiger partial charge in [0.1, 0.15) is 22.6 Å². The maximum absolute atomic E-state index is 12.8. The zero-order valence-corrected chi connectivity index (χ0v) is 16.1. The molecule has 7 nitrogen and oxygen atoms in total. The van der Waals surface area contributed by atoms with Crippen molar-refractivity contribution >= 4 is 33.9 Å². The molecule has 4 rings (SSSR count). The van der Waals surface area contributed by atoms with Crippen LogP contribution in [0.5, 0.6) is 5.75 Å². The predicted molar refractivity (Wildman–Crippen MR) is 114 cm³/mol. The number of nitrogen functional groups attached to an aromatic ring is 1. The van der Waals surface area contributed by atoms with Crippen molar-refractivity contribution in [2.75, 3.05) is 18.9 Å². The summed E-state index contributed by atoms with van der Waals surface area (Å²) in [5.74, 6) is 0.717. The molecule has 29 heavy (non-hydrogen) atoms. The van der Waals surface area contributed by atoms with Crippen molar-refractivity contribution in [2.45, 2.75) is 6.92 Å². The third kappa shape index (κ3) is 3.27. The summed E-state index contributed by atoms with van der Waals surface area (Å²) in [6, 6.07) is 15.0. The number of nitrogens with one attached hydrogen (secondary N) is 1. The van der Waals surface area contributed by atoms with Gasteiger partial charge in [0, 0.05) is 12.2 Å². The Kier molecular flexibility index (Phi) is 4.87. The summed E-state index contributed by atoms with van der Waals surface area (Å²) in [6.45, 7) is 6.48. The van der Waals surface area contributed by atoms with Gasteiger partial charge in [-0.05, 0) is 43.3 Å². The van der Waals surface area contributed by atoms with Crippen molar-refractivity contribution in [1.82, 2.24) is 19.9 Å². The van der Waals surface area contributed by atoms with Crippen LogP contribution >= 0.6 is 0 Å². The van der Waals surface area contributed by atoms with Crippen molar-refractivity contribution < 1.29 is 9.53 Å². The second-order valence-electron chi connectivity index (χ2n) is 6.41. The second kappa shape index (κ2) is 7.63. The van der Waals surface area contributed by atoms with Gasteiger partial charge in [-0.3, -0.25) is 9.36 Å². The maximum Gasteiger partial charge on any atom is 0.257 e. The number of carbonyl (C=O) groups excluding carboxylic acids is 1. The van der Waals surface area contributed by atoms with Crippen LogP contribution in [0.1, 0.15) is 17.3 Å². The molecule has 0 saturated carbocycles. The lowest BCUT2D eigenvalue weighted by Gasteiger charge is -2.09. The number of para-hydroxylation sites is 2. The zero-order valence-electron chi connectivity index (χ0n) is 16.1. The van der Waals surface area contributed by atoms with E-state index in [1.54, 1.807) is 10.6 Å². The molecule has 2 heterocycles. The van der Waals surface area contributed by atoms with Gasteiger partial charge in [-0.2, -0.15) is 0 Å². The molecule has 3 N–H and O–H groups in total. The molecule has 0 radical (unpaired) electrons. The SMILES string of the molecule is C=CCNC(=O)c1c(N)n(-c2ccc(OCC)cc2)c2nc3ccccc3nc12. The first-order chi connectivity index (χ1) is 14.1. The van der Waals surface area contributed by atoms with E-state index in [0.29, 0.717) is 35.4 Å². The second-order valence-corrected chi connectivity index (χ2v) is 6.41.